The average molecular weight is 404 g/mol. The molecular formula is C9H11BrINO2S. The molecule has 1 aromatic rings. The van der Waals surface area contributed by atoms with Crippen LogP contribution in [-0.2, 0) is 4.74 Å². The van der Waals surface area contributed by atoms with E-state index in [0.29, 0.717) is 13.2 Å². The number of nitrogens with one attached hydrogen (secondary N) is 1. The molecule has 15 heavy (non-hydrogen) atoms. The second-order valence-corrected chi connectivity index (χ2v) is 7.00. The Labute approximate surface area is 115 Å². The van der Waals surface area contributed by atoms with Crippen molar-refractivity contribution in [3.63, 3.8) is 0 Å². The molecule has 0 aliphatic heterocycles. The van der Waals surface area contributed by atoms with Crippen molar-refractivity contribution >= 4 is 55.8 Å². The number of carbonyl (C=O) groups excluding carboxylic acids is 1. The summed E-state index contributed by atoms with van der Waals surface area (Å²) in [7, 11) is 1.64. The molecule has 1 rings (SSSR count). The van der Waals surface area contributed by atoms with Crippen molar-refractivity contribution in [3.8, 4) is 0 Å². The molecular weight excluding hydrogens is 393 g/mol. The standard InChI is InChI=1S/C9H11BrINO2S/c1-14-4-7(10)3-12-9(13)6-2-8(11)15-5-6/h2,5,7H,3-4H2,1H3,(H,12,13). The van der Waals surface area contributed by atoms with Crippen LogP contribution < -0.4 is 5.32 Å². The fourth-order valence-corrected chi connectivity index (χ4v) is 2.73. The summed E-state index contributed by atoms with van der Waals surface area (Å²) in [4.78, 5) is 11.8. The number of hydrogen-bond donors (Lipinski definition) is 1. The van der Waals surface area contributed by atoms with E-state index in [0.717, 1.165) is 8.45 Å². The maximum atomic E-state index is 11.6. The van der Waals surface area contributed by atoms with Crippen LogP contribution in [0.15, 0.2) is 11.4 Å². The van der Waals surface area contributed by atoms with Crippen LogP contribution in [0.5, 0.6) is 0 Å². The summed E-state index contributed by atoms with van der Waals surface area (Å²) in [5, 5.41) is 4.69. The van der Waals surface area contributed by atoms with Gasteiger partial charge in [0.15, 0.2) is 0 Å². The Balaban J connectivity index is 2.36. The zero-order valence-electron chi connectivity index (χ0n) is 8.13. The van der Waals surface area contributed by atoms with Crippen molar-refractivity contribution < 1.29 is 9.53 Å². The van der Waals surface area contributed by atoms with Gasteiger partial charge in [0.25, 0.3) is 5.91 Å². The van der Waals surface area contributed by atoms with Gasteiger partial charge in [-0.25, -0.2) is 0 Å². The molecule has 1 aromatic heterocycles. The number of thiophene rings is 1. The molecule has 84 valence electrons. The fraction of sp³-hybridized carbons (Fsp3) is 0.444. The molecule has 0 saturated carbocycles. The lowest BCUT2D eigenvalue weighted by molar-refractivity contribution is 0.0950. The van der Waals surface area contributed by atoms with Gasteiger partial charge in [0.05, 0.1) is 19.9 Å². The summed E-state index contributed by atoms with van der Waals surface area (Å²) >= 11 is 7.17. The topological polar surface area (TPSA) is 38.3 Å². The number of halogens is 2. The van der Waals surface area contributed by atoms with Crippen LogP contribution in [0.25, 0.3) is 0 Å². The van der Waals surface area contributed by atoms with Crippen LogP contribution in [0, 0.1) is 2.88 Å². The third-order valence-electron chi connectivity index (χ3n) is 1.66. The van der Waals surface area contributed by atoms with Crippen LogP contribution in [0.3, 0.4) is 0 Å². The number of rotatable bonds is 5. The summed E-state index contributed by atoms with van der Waals surface area (Å²) in [6.07, 6.45) is 0. The van der Waals surface area contributed by atoms with Crippen molar-refractivity contribution in [1.29, 1.82) is 0 Å². The lowest BCUT2D eigenvalue weighted by Crippen LogP contribution is -2.31. The lowest BCUT2D eigenvalue weighted by atomic mass is 10.3. The van der Waals surface area contributed by atoms with Gasteiger partial charge in [-0.15, -0.1) is 11.3 Å². The van der Waals surface area contributed by atoms with Gasteiger partial charge in [-0.3, -0.25) is 4.79 Å². The van der Waals surface area contributed by atoms with E-state index in [9.17, 15) is 4.79 Å². The third kappa shape index (κ3) is 4.80. The number of methoxy groups -OCH3 is 1. The second-order valence-electron chi connectivity index (χ2n) is 2.90. The molecule has 0 fully saturated rings. The van der Waals surface area contributed by atoms with Crippen molar-refractivity contribution in [3.05, 3.63) is 19.9 Å². The summed E-state index contributed by atoms with van der Waals surface area (Å²) in [5.74, 6) is -0.0327. The second kappa shape index (κ2) is 6.82. The number of amides is 1. The first kappa shape index (κ1) is 13.4. The minimum absolute atomic E-state index is 0.0327. The molecule has 0 aromatic carbocycles. The van der Waals surface area contributed by atoms with E-state index in [-0.39, 0.29) is 10.7 Å². The van der Waals surface area contributed by atoms with Gasteiger partial charge in [0.1, 0.15) is 0 Å². The molecule has 0 aliphatic carbocycles. The van der Waals surface area contributed by atoms with Crippen LogP contribution in [0.1, 0.15) is 10.4 Å². The monoisotopic (exact) mass is 403 g/mol. The molecule has 1 N–H and O–H groups in total. The summed E-state index contributed by atoms with van der Waals surface area (Å²) in [5.41, 5.74) is 0.724. The first-order chi connectivity index (χ1) is 7.13. The fourth-order valence-electron chi connectivity index (χ4n) is 0.974. The number of carbonyl (C=O) groups is 1. The highest BCUT2D eigenvalue weighted by molar-refractivity contribution is 14.1. The summed E-state index contributed by atoms with van der Waals surface area (Å²) in [6.45, 7) is 1.15. The molecule has 0 aliphatic rings. The highest BCUT2D eigenvalue weighted by atomic mass is 127. The molecule has 0 radical (unpaired) electrons. The number of hydrogen-bond acceptors (Lipinski definition) is 3. The van der Waals surface area contributed by atoms with E-state index in [1.807, 2.05) is 11.4 Å². The van der Waals surface area contributed by atoms with E-state index in [1.54, 1.807) is 18.4 Å². The molecule has 1 unspecified atom stereocenters. The van der Waals surface area contributed by atoms with E-state index in [4.69, 9.17) is 4.74 Å². The van der Waals surface area contributed by atoms with Crippen molar-refractivity contribution in [1.82, 2.24) is 5.32 Å². The van der Waals surface area contributed by atoms with E-state index >= 15 is 0 Å². The Hall–Kier alpha value is 0.340. The minimum Gasteiger partial charge on any atom is -0.383 e. The van der Waals surface area contributed by atoms with Gasteiger partial charge in [0.2, 0.25) is 0 Å². The smallest absolute Gasteiger partial charge is 0.252 e. The molecule has 3 nitrogen and oxygen atoms in total. The van der Waals surface area contributed by atoms with Crippen LogP contribution in [-0.4, -0.2) is 31.0 Å². The maximum Gasteiger partial charge on any atom is 0.252 e. The summed E-state index contributed by atoms with van der Waals surface area (Å²) in [6, 6.07) is 1.88. The predicted molar refractivity (Wildman–Crippen MR) is 74.0 cm³/mol. The van der Waals surface area contributed by atoms with E-state index < -0.39 is 0 Å². The third-order valence-corrected chi connectivity index (χ3v) is 4.04. The Morgan fingerprint density at radius 2 is 2.53 bits per heavy atom. The molecule has 0 spiro atoms. The normalized spacial score (nSPS) is 12.5. The maximum absolute atomic E-state index is 11.6. The van der Waals surface area contributed by atoms with E-state index in [1.165, 1.54) is 0 Å². The first-order valence-corrected chi connectivity index (χ1v) is 7.16. The van der Waals surface area contributed by atoms with Gasteiger partial charge in [-0.1, -0.05) is 15.9 Å². The highest BCUT2D eigenvalue weighted by Crippen LogP contribution is 2.16. The number of alkyl halides is 1. The minimum atomic E-state index is -0.0327. The Morgan fingerprint density at radius 1 is 1.80 bits per heavy atom. The Morgan fingerprint density at radius 3 is 3.07 bits per heavy atom. The molecule has 1 amide bonds. The van der Waals surface area contributed by atoms with Crippen LogP contribution in [0.4, 0.5) is 0 Å². The molecule has 1 atom stereocenters. The van der Waals surface area contributed by atoms with Crippen molar-refractivity contribution in [2.24, 2.45) is 0 Å². The van der Waals surface area contributed by atoms with Crippen molar-refractivity contribution in [2.75, 3.05) is 20.3 Å². The van der Waals surface area contributed by atoms with Gasteiger partial charge in [-0.05, 0) is 28.7 Å². The summed E-state index contributed by atoms with van der Waals surface area (Å²) < 4.78 is 6.06. The lowest BCUT2D eigenvalue weighted by Gasteiger charge is -2.09. The highest BCUT2D eigenvalue weighted by Gasteiger charge is 2.09. The zero-order valence-corrected chi connectivity index (χ0v) is 12.7. The Bertz CT molecular complexity index is 332. The largest absolute Gasteiger partial charge is 0.383 e. The average Bonchev–Trinajstić information content (AvgIpc) is 2.62. The quantitative estimate of drug-likeness (QED) is 0.605. The predicted octanol–water partition coefficient (Wildman–Crippen LogP) is 2.49. The Kier molecular flexibility index (Phi) is 6.10. The van der Waals surface area contributed by atoms with Crippen molar-refractivity contribution in [2.45, 2.75) is 4.83 Å². The number of ether oxygens (including phenoxy) is 1. The van der Waals surface area contributed by atoms with Crippen LogP contribution >= 0.6 is 49.9 Å². The van der Waals surface area contributed by atoms with Gasteiger partial charge < -0.3 is 10.1 Å². The van der Waals surface area contributed by atoms with Crippen LogP contribution in [0.2, 0.25) is 0 Å². The SMILES string of the molecule is COCC(Br)CNC(=O)c1csc(I)c1. The van der Waals surface area contributed by atoms with Gasteiger partial charge >= 0.3 is 0 Å². The molecule has 1 heterocycles. The van der Waals surface area contributed by atoms with Gasteiger partial charge in [-0.2, -0.15) is 0 Å². The molecule has 0 saturated heterocycles. The zero-order chi connectivity index (χ0) is 11.3. The molecule has 6 heteroatoms. The van der Waals surface area contributed by atoms with E-state index in [2.05, 4.69) is 43.8 Å². The van der Waals surface area contributed by atoms with Gasteiger partial charge in [0, 0.05) is 19.0 Å². The molecule has 0 bridgehead atoms. The first-order valence-electron chi connectivity index (χ1n) is 4.28.